The van der Waals surface area contributed by atoms with Gasteiger partial charge >= 0.3 is 0 Å². The second-order valence-corrected chi connectivity index (χ2v) is 6.16. The highest BCUT2D eigenvalue weighted by atomic mass is 16.5. The van der Waals surface area contributed by atoms with Crippen LogP contribution in [0.25, 0.3) is 16.9 Å². The fraction of sp³-hybridized carbons (Fsp3) is 0.389. The molecule has 0 radical (unpaired) electrons. The standard InChI is InChI=1S/C18H21N5O2/c1-24-14-5-3-13(4-6-14)16-11-17(18-20-19-12-23(18)21-16)22-9-7-15(25-2)8-10-22/h3-6,11-12,15H,7-10H2,1-2H3. The molecule has 0 unspecified atom stereocenters. The van der Waals surface area contributed by atoms with Crippen LogP contribution in [0.4, 0.5) is 5.69 Å². The number of hydrogen-bond acceptors (Lipinski definition) is 6. The van der Waals surface area contributed by atoms with E-state index in [1.165, 1.54) is 0 Å². The number of fused-ring (bicyclic) bond motifs is 1. The van der Waals surface area contributed by atoms with Gasteiger partial charge in [0, 0.05) is 25.8 Å². The van der Waals surface area contributed by atoms with Crippen molar-refractivity contribution >= 4 is 11.3 Å². The molecule has 1 aromatic carbocycles. The molecule has 3 aromatic rings. The minimum atomic E-state index is 0.341. The molecule has 130 valence electrons. The van der Waals surface area contributed by atoms with E-state index in [0.29, 0.717) is 6.10 Å². The number of benzene rings is 1. The van der Waals surface area contributed by atoms with Crippen LogP contribution in [0.2, 0.25) is 0 Å². The first-order chi connectivity index (χ1) is 12.3. The summed E-state index contributed by atoms with van der Waals surface area (Å²) < 4.78 is 12.5. The fourth-order valence-electron chi connectivity index (χ4n) is 3.28. The third kappa shape index (κ3) is 3.02. The third-order valence-corrected chi connectivity index (χ3v) is 4.75. The van der Waals surface area contributed by atoms with Crippen molar-refractivity contribution in [2.45, 2.75) is 18.9 Å². The van der Waals surface area contributed by atoms with Crippen LogP contribution in [0, 0.1) is 0 Å². The number of nitrogens with zero attached hydrogens (tertiary/aromatic N) is 5. The van der Waals surface area contributed by atoms with E-state index in [4.69, 9.17) is 9.47 Å². The van der Waals surface area contributed by atoms with E-state index in [1.54, 1.807) is 25.1 Å². The van der Waals surface area contributed by atoms with Crippen LogP contribution < -0.4 is 9.64 Å². The highest BCUT2D eigenvalue weighted by Gasteiger charge is 2.22. The van der Waals surface area contributed by atoms with Crippen molar-refractivity contribution in [1.82, 2.24) is 19.8 Å². The molecule has 0 N–H and O–H groups in total. The fourth-order valence-corrected chi connectivity index (χ4v) is 3.28. The van der Waals surface area contributed by atoms with Gasteiger partial charge in [-0.15, -0.1) is 10.2 Å². The summed E-state index contributed by atoms with van der Waals surface area (Å²) in [5, 5.41) is 12.9. The summed E-state index contributed by atoms with van der Waals surface area (Å²) in [5.41, 5.74) is 3.77. The van der Waals surface area contributed by atoms with Crippen LogP contribution in [-0.4, -0.2) is 53.2 Å². The van der Waals surface area contributed by atoms with Crippen LogP contribution in [0.5, 0.6) is 5.75 Å². The molecule has 0 aliphatic carbocycles. The number of anilines is 1. The quantitative estimate of drug-likeness (QED) is 0.727. The first-order valence-corrected chi connectivity index (χ1v) is 8.41. The summed E-state index contributed by atoms with van der Waals surface area (Å²) in [5.74, 6) is 0.830. The minimum absolute atomic E-state index is 0.341. The lowest BCUT2D eigenvalue weighted by Gasteiger charge is -2.33. The number of aromatic nitrogens is 4. The normalized spacial score (nSPS) is 15.7. The molecular formula is C18H21N5O2. The molecule has 0 spiro atoms. The van der Waals surface area contributed by atoms with E-state index in [9.17, 15) is 0 Å². The number of methoxy groups -OCH3 is 2. The smallest absolute Gasteiger partial charge is 0.200 e. The van der Waals surface area contributed by atoms with E-state index in [1.807, 2.05) is 24.3 Å². The van der Waals surface area contributed by atoms with Gasteiger partial charge in [0.1, 0.15) is 12.1 Å². The van der Waals surface area contributed by atoms with Crippen molar-refractivity contribution in [1.29, 1.82) is 0 Å². The number of hydrogen-bond donors (Lipinski definition) is 0. The molecule has 1 aliphatic heterocycles. The molecule has 25 heavy (non-hydrogen) atoms. The predicted octanol–water partition coefficient (Wildman–Crippen LogP) is 2.42. The third-order valence-electron chi connectivity index (χ3n) is 4.75. The zero-order valence-corrected chi connectivity index (χ0v) is 14.4. The zero-order chi connectivity index (χ0) is 17.2. The first-order valence-electron chi connectivity index (χ1n) is 8.41. The maximum absolute atomic E-state index is 5.48. The Bertz CT molecular complexity index is 854. The summed E-state index contributed by atoms with van der Waals surface area (Å²) >= 11 is 0. The van der Waals surface area contributed by atoms with Crippen LogP contribution in [0.3, 0.4) is 0 Å². The Hall–Kier alpha value is -2.67. The number of ether oxygens (including phenoxy) is 2. The van der Waals surface area contributed by atoms with Crippen LogP contribution in [-0.2, 0) is 4.74 Å². The van der Waals surface area contributed by atoms with Gasteiger partial charge in [-0.1, -0.05) is 0 Å². The molecule has 7 nitrogen and oxygen atoms in total. The zero-order valence-electron chi connectivity index (χ0n) is 14.4. The van der Waals surface area contributed by atoms with Crippen molar-refractivity contribution < 1.29 is 9.47 Å². The molecule has 1 fully saturated rings. The molecule has 0 atom stereocenters. The van der Waals surface area contributed by atoms with Gasteiger partial charge in [-0.25, -0.2) is 0 Å². The lowest BCUT2D eigenvalue weighted by Crippen LogP contribution is -2.37. The molecule has 1 aliphatic rings. The van der Waals surface area contributed by atoms with E-state index < -0.39 is 0 Å². The largest absolute Gasteiger partial charge is 0.497 e. The Morgan fingerprint density at radius 1 is 1.08 bits per heavy atom. The lowest BCUT2D eigenvalue weighted by molar-refractivity contribution is 0.0819. The van der Waals surface area contributed by atoms with Gasteiger partial charge in [-0.2, -0.15) is 9.61 Å². The van der Waals surface area contributed by atoms with Gasteiger partial charge in [-0.3, -0.25) is 0 Å². The Balaban J connectivity index is 1.72. The van der Waals surface area contributed by atoms with Crippen LogP contribution in [0.1, 0.15) is 12.8 Å². The van der Waals surface area contributed by atoms with Gasteiger partial charge in [0.25, 0.3) is 0 Å². The van der Waals surface area contributed by atoms with E-state index in [0.717, 1.165) is 54.3 Å². The van der Waals surface area contributed by atoms with Crippen LogP contribution >= 0.6 is 0 Å². The monoisotopic (exact) mass is 339 g/mol. The summed E-state index contributed by atoms with van der Waals surface area (Å²) in [6.07, 6.45) is 4.01. The number of rotatable bonds is 4. The maximum atomic E-state index is 5.48. The average Bonchev–Trinajstić information content (AvgIpc) is 3.16. The van der Waals surface area contributed by atoms with E-state index >= 15 is 0 Å². The van der Waals surface area contributed by atoms with E-state index in [-0.39, 0.29) is 0 Å². The Kier molecular flexibility index (Phi) is 4.23. The topological polar surface area (TPSA) is 64.8 Å². The minimum Gasteiger partial charge on any atom is -0.497 e. The van der Waals surface area contributed by atoms with Gasteiger partial charge in [0.15, 0.2) is 0 Å². The summed E-state index contributed by atoms with van der Waals surface area (Å²) in [7, 11) is 3.45. The maximum Gasteiger partial charge on any atom is 0.200 e. The molecule has 2 aromatic heterocycles. The molecule has 7 heteroatoms. The molecule has 0 saturated carbocycles. The Morgan fingerprint density at radius 2 is 1.84 bits per heavy atom. The lowest BCUT2D eigenvalue weighted by atomic mass is 10.1. The van der Waals surface area contributed by atoms with Gasteiger partial charge in [-0.05, 0) is 43.2 Å². The molecule has 3 heterocycles. The van der Waals surface area contributed by atoms with E-state index in [2.05, 4.69) is 26.3 Å². The Labute approximate surface area is 146 Å². The average molecular weight is 339 g/mol. The van der Waals surface area contributed by atoms with Gasteiger partial charge in [0.05, 0.1) is 24.6 Å². The molecule has 4 rings (SSSR count). The highest BCUT2D eigenvalue weighted by Crippen LogP contribution is 2.29. The van der Waals surface area contributed by atoms with Gasteiger partial charge in [0.2, 0.25) is 5.65 Å². The first kappa shape index (κ1) is 15.8. The predicted molar refractivity (Wildman–Crippen MR) is 95.0 cm³/mol. The molecular weight excluding hydrogens is 318 g/mol. The Morgan fingerprint density at radius 3 is 2.52 bits per heavy atom. The van der Waals surface area contributed by atoms with Crippen molar-refractivity contribution in [3.05, 3.63) is 36.7 Å². The van der Waals surface area contributed by atoms with Crippen molar-refractivity contribution in [2.24, 2.45) is 0 Å². The molecule has 0 amide bonds. The molecule has 0 bridgehead atoms. The highest BCUT2D eigenvalue weighted by molar-refractivity contribution is 5.74. The number of piperidine rings is 1. The second kappa shape index (κ2) is 6.68. The van der Waals surface area contributed by atoms with Gasteiger partial charge < -0.3 is 14.4 Å². The van der Waals surface area contributed by atoms with Crippen LogP contribution in [0.15, 0.2) is 36.7 Å². The summed E-state index contributed by atoms with van der Waals surface area (Å²) in [4.78, 5) is 2.34. The second-order valence-electron chi connectivity index (χ2n) is 6.16. The summed E-state index contributed by atoms with van der Waals surface area (Å²) in [6.45, 7) is 1.88. The SMILES string of the molecule is COc1ccc(-c2cc(N3CCC(OC)CC3)c3nncn3n2)cc1. The van der Waals surface area contributed by atoms with Crippen molar-refractivity contribution in [2.75, 3.05) is 32.2 Å². The summed E-state index contributed by atoms with van der Waals surface area (Å²) in [6, 6.07) is 10.0. The van der Waals surface area contributed by atoms with Crippen molar-refractivity contribution in [3.8, 4) is 17.0 Å². The molecule has 1 saturated heterocycles. The van der Waals surface area contributed by atoms with Crippen molar-refractivity contribution in [3.63, 3.8) is 0 Å².